The zero-order valence-corrected chi connectivity index (χ0v) is 17.7. The van der Waals surface area contributed by atoms with Crippen molar-refractivity contribution in [2.24, 2.45) is 0 Å². The number of nitrogens with one attached hydrogen (secondary N) is 1. The molecule has 2 aromatic carbocycles. The van der Waals surface area contributed by atoms with Crippen LogP contribution in [0.15, 0.2) is 54.7 Å². The monoisotopic (exact) mass is 412 g/mol. The van der Waals surface area contributed by atoms with Crippen LogP contribution in [0.3, 0.4) is 0 Å². The van der Waals surface area contributed by atoms with Gasteiger partial charge >= 0.3 is 6.09 Å². The molecule has 0 saturated heterocycles. The molecular formula is C22H24N2O4S. The summed E-state index contributed by atoms with van der Waals surface area (Å²) in [7, 11) is 1.35. The van der Waals surface area contributed by atoms with Gasteiger partial charge in [0.1, 0.15) is 11.5 Å². The first-order valence-electron chi connectivity index (χ1n) is 9.30. The standard InChI is InChI=1S/C22H24N2O4S/c1-14(2)27-18-8-10-19(11-9-18)28-22-23-13-20(29-22)17-7-5-6-16(12-17)15(3)24-21(25)26-4/h5-15H,1-4H3,(H,24,25). The Morgan fingerprint density at radius 2 is 1.79 bits per heavy atom. The van der Waals surface area contributed by atoms with Crippen molar-refractivity contribution in [3.05, 3.63) is 60.3 Å². The summed E-state index contributed by atoms with van der Waals surface area (Å²) >= 11 is 1.46. The summed E-state index contributed by atoms with van der Waals surface area (Å²) < 4.78 is 16.2. The van der Waals surface area contributed by atoms with Gasteiger partial charge in [0.15, 0.2) is 0 Å². The van der Waals surface area contributed by atoms with Gasteiger partial charge in [0, 0.05) is 6.20 Å². The zero-order chi connectivity index (χ0) is 20.8. The molecule has 1 atom stereocenters. The Morgan fingerprint density at radius 3 is 2.48 bits per heavy atom. The van der Waals surface area contributed by atoms with E-state index in [1.807, 2.05) is 69.3 Å². The van der Waals surface area contributed by atoms with Crippen LogP contribution in [0.4, 0.5) is 4.79 Å². The van der Waals surface area contributed by atoms with E-state index in [2.05, 4.69) is 15.0 Å². The average Bonchev–Trinajstić information content (AvgIpc) is 3.17. The number of benzene rings is 2. The molecule has 1 amide bonds. The van der Waals surface area contributed by atoms with Crippen molar-refractivity contribution in [2.75, 3.05) is 7.11 Å². The van der Waals surface area contributed by atoms with Crippen molar-refractivity contribution in [2.45, 2.75) is 32.9 Å². The van der Waals surface area contributed by atoms with Gasteiger partial charge in [-0.3, -0.25) is 0 Å². The highest BCUT2D eigenvalue weighted by Gasteiger charge is 2.12. The molecule has 0 aliphatic heterocycles. The Kier molecular flexibility index (Phi) is 6.72. The number of alkyl carbamates (subject to hydrolysis) is 1. The van der Waals surface area contributed by atoms with E-state index in [1.165, 1.54) is 18.4 Å². The van der Waals surface area contributed by atoms with Gasteiger partial charge < -0.3 is 19.5 Å². The van der Waals surface area contributed by atoms with Crippen molar-refractivity contribution in [1.29, 1.82) is 0 Å². The Labute approximate surface area is 174 Å². The summed E-state index contributed by atoms with van der Waals surface area (Å²) in [6.45, 7) is 5.88. The van der Waals surface area contributed by atoms with E-state index in [-0.39, 0.29) is 12.1 Å². The minimum atomic E-state index is -0.457. The fourth-order valence-corrected chi connectivity index (χ4v) is 3.46. The van der Waals surface area contributed by atoms with Crippen LogP contribution in [0, 0.1) is 0 Å². The lowest BCUT2D eigenvalue weighted by Crippen LogP contribution is -2.26. The molecule has 1 N–H and O–H groups in total. The number of aromatic nitrogens is 1. The van der Waals surface area contributed by atoms with Crippen LogP contribution in [0.1, 0.15) is 32.4 Å². The van der Waals surface area contributed by atoms with Crippen molar-refractivity contribution in [3.63, 3.8) is 0 Å². The Bertz CT molecular complexity index is 953. The Hall–Kier alpha value is -3.06. The van der Waals surface area contributed by atoms with E-state index in [9.17, 15) is 4.79 Å². The van der Waals surface area contributed by atoms with Gasteiger partial charge in [0.05, 0.1) is 24.1 Å². The molecule has 0 aliphatic carbocycles. The van der Waals surface area contributed by atoms with Gasteiger partial charge in [-0.25, -0.2) is 9.78 Å². The van der Waals surface area contributed by atoms with Crippen LogP contribution in [0.25, 0.3) is 10.4 Å². The van der Waals surface area contributed by atoms with Crippen LogP contribution >= 0.6 is 11.3 Å². The lowest BCUT2D eigenvalue weighted by molar-refractivity contribution is 0.167. The number of carbonyl (C=O) groups excluding carboxylic acids is 1. The number of carbonyl (C=O) groups is 1. The molecule has 1 unspecified atom stereocenters. The van der Waals surface area contributed by atoms with Gasteiger partial charge in [0.2, 0.25) is 0 Å². The molecule has 29 heavy (non-hydrogen) atoms. The van der Waals surface area contributed by atoms with E-state index in [4.69, 9.17) is 9.47 Å². The maximum atomic E-state index is 11.4. The van der Waals surface area contributed by atoms with Gasteiger partial charge in [-0.05, 0) is 62.2 Å². The van der Waals surface area contributed by atoms with Crippen molar-refractivity contribution in [1.82, 2.24) is 10.3 Å². The SMILES string of the molecule is COC(=O)NC(C)c1cccc(-c2cnc(Oc3ccc(OC(C)C)cc3)s2)c1. The quantitative estimate of drug-likeness (QED) is 0.530. The third kappa shape index (κ3) is 5.71. The smallest absolute Gasteiger partial charge is 0.407 e. The maximum absolute atomic E-state index is 11.4. The number of rotatable bonds is 7. The molecule has 3 aromatic rings. The summed E-state index contributed by atoms with van der Waals surface area (Å²) in [5, 5.41) is 3.33. The van der Waals surface area contributed by atoms with Crippen molar-refractivity contribution in [3.8, 4) is 27.1 Å². The molecule has 6 nitrogen and oxygen atoms in total. The van der Waals surface area contributed by atoms with Crippen molar-refractivity contribution < 1.29 is 19.0 Å². The molecule has 152 valence electrons. The number of hydrogen-bond donors (Lipinski definition) is 1. The second kappa shape index (κ2) is 9.43. The van der Waals surface area contributed by atoms with Crippen LogP contribution in [0.2, 0.25) is 0 Å². The second-order valence-electron chi connectivity index (χ2n) is 6.71. The van der Waals surface area contributed by atoms with Gasteiger partial charge in [-0.2, -0.15) is 0 Å². The van der Waals surface area contributed by atoms with E-state index < -0.39 is 6.09 Å². The summed E-state index contributed by atoms with van der Waals surface area (Å²) in [6.07, 6.45) is 1.46. The predicted octanol–water partition coefficient (Wildman–Crippen LogP) is 5.81. The van der Waals surface area contributed by atoms with E-state index in [0.717, 1.165) is 21.8 Å². The number of thiazole rings is 1. The Balaban J connectivity index is 1.69. The van der Waals surface area contributed by atoms with Crippen LogP contribution in [0.5, 0.6) is 16.7 Å². The predicted molar refractivity (Wildman–Crippen MR) is 114 cm³/mol. The minimum absolute atomic E-state index is 0.129. The molecule has 7 heteroatoms. The molecule has 1 aromatic heterocycles. The molecular weight excluding hydrogens is 388 g/mol. The highest BCUT2D eigenvalue weighted by atomic mass is 32.1. The summed E-state index contributed by atoms with van der Waals surface area (Å²) in [6, 6.07) is 15.2. The normalized spacial score (nSPS) is 11.8. The number of methoxy groups -OCH3 is 1. The van der Waals surface area contributed by atoms with Gasteiger partial charge in [0.25, 0.3) is 5.19 Å². The number of nitrogens with zero attached hydrogens (tertiary/aromatic N) is 1. The van der Waals surface area contributed by atoms with E-state index in [1.54, 1.807) is 6.20 Å². The molecule has 0 saturated carbocycles. The number of hydrogen-bond acceptors (Lipinski definition) is 6. The van der Waals surface area contributed by atoms with Crippen LogP contribution in [-0.2, 0) is 4.74 Å². The fourth-order valence-electron chi connectivity index (χ4n) is 2.68. The first kappa shape index (κ1) is 20.7. The van der Waals surface area contributed by atoms with E-state index >= 15 is 0 Å². The molecule has 3 rings (SSSR count). The number of amides is 1. The second-order valence-corrected chi connectivity index (χ2v) is 7.71. The summed E-state index contributed by atoms with van der Waals surface area (Å²) in [4.78, 5) is 16.8. The molecule has 1 heterocycles. The largest absolute Gasteiger partial charge is 0.491 e. The maximum Gasteiger partial charge on any atom is 0.407 e. The minimum Gasteiger partial charge on any atom is -0.491 e. The molecule has 0 aliphatic rings. The summed E-state index contributed by atoms with van der Waals surface area (Å²) in [5.74, 6) is 1.50. The van der Waals surface area contributed by atoms with Crippen LogP contribution < -0.4 is 14.8 Å². The lowest BCUT2D eigenvalue weighted by Gasteiger charge is -2.14. The highest BCUT2D eigenvalue weighted by Crippen LogP contribution is 2.34. The van der Waals surface area contributed by atoms with Crippen LogP contribution in [-0.4, -0.2) is 24.3 Å². The van der Waals surface area contributed by atoms with Gasteiger partial charge in [-0.15, -0.1) is 0 Å². The first-order chi connectivity index (χ1) is 13.9. The zero-order valence-electron chi connectivity index (χ0n) is 16.8. The van der Waals surface area contributed by atoms with Gasteiger partial charge in [-0.1, -0.05) is 29.5 Å². The molecule has 0 radical (unpaired) electrons. The fraction of sp³-hybridized carbons (Fsp3) is 0.273. The van der Waals surface area contributed by atoms with Crippen molar-refractivity contribution >= 4 is 17.4 Å². The van der Waals surface area contributed by atoms with E-state index in [0.29, 0.717) is 10.9 Å². The third-order valence-electron chi connectivity index (χ3n) is 4.08. The highest BCUT2D eigenvalue weighted by molar-refractivity contribution is 7.16. The topological polar surface area (TPSA) is 69.7 Å². The first-order valence-corrected chi connectivity index (χ1v) is 10.1. The molecule has 0 bridgehead atoms. The lowest BCUT2D eigenvalue weighted by atomic mass is 10.0. The molecule has 0 spiro atoms. The Morgan fingerprint density at radius 1 is 1.07 bits per heavy atom. The number of ether oxygens (including phenoxy) is 3. The molecule has 0 fully saturated rings. The average molecular weight is 413 g/mol. The summed E-state index contributed by atoms with van der Waals surface area (Å²) in [5.41, 5.74) is 1.98. The third-order valence-corrected chi connectivity index (χ3v) is 5.00.